The summed E-state index contributed by atoms with van der Waals surface area (Å²) >= 11 is 5.91. The van der Waals surface area contributed by atoms with Crippen molar-refractivity contribution in [3.8, 4) is 5.75 Å². The van der Waals surface area contributed by atoms with Gasteiger partial charge in [-0.3, -0.25) is 9.59 Å². The Labute approximate surface area is 175 Å². The summed E-state index contributed by atoms with van der Waals surface area (Å²) in [6.45, 7) is 2.59. The molecule has 2 saturated heterocycles. The fourth-order valence-corrected chi connectivity index (χ4v) is 3.78. The Morgan fingerprint density at radius 1 is 1.32 bits per heavy atom. The molecule has 2 N–H and O–H groups in total. The van der Waals surface area contributed by atoms with Crippen LogP contribution in [0.15, 0.2) is 18.2 Å². The molecule has 9 heteroatoms. The van der Waals surface area contributed by atoms with Crippen molar-refractivity contribution in [3.05, 3.63) is 29.0 Å². The molecule has 2 aliphatic rings. The van der Waals surface area contributed by atoms with Crippen LogP contribution < -0.4 is 15.4 Å². The number of benzene rings is 1. The highest BCUT2D eigenvalue weighted by atomic mass is 35.5. The van der Waals surface area contributed by atoms with E-state index in [4.69, 9.17) is 16.3 Å². The molecule has 2 unspecified atom stereocenters. The molecule has 0 radical (unpaired) electrons. The molecule has 3 rings (SSSR count). The molecule has 0 bridgehead atoms. The van der Waals surface area contributed by atoms with E-state index in [1.54, 1.807) is 4.90 Å². The second kappa shape index (κ2) is 10.8. The summed E-state index contributed by atoms with van der Waals surface area (Å²) < 4.78 is 18.5. The van der Waals surface area contributed by atoms with E-state index in [9.17, 15) is 14.0 Å². The van der Waals surface area contributed by atoms with Gasteiger partial charge in [-0.05, 0) is 56.3 Å². The molecule has 2 amide bonds. The maximum Gasteiger partial charge on any atom is 0.260 e. The lowest BCUT2D eigenvalue weighted by molar-refractivity contribution is -0.135. The van der Waals surface area contributed by atoms with Gasteiger partial charge in [0.15, 0.2) is 6.61 Å². The van der Waals surface area contributed by atoms with Crippen LogP contribution in [0, 0.1) is 11.7 Å². The van der Waals surface area contributed by atoms with Crippen LogP contribution in [-0.2, 0) is 9.59 Å². The number of piperidine rings is 1. The van der Waals surface area contributed by atoms with Gasteiger partial charge in [-0.15, -0.1) is 12.4 Å². The first-order valence-electron chi connectivity index (χ1n) is 9.39. The number of hydrogen-bond donors (Lipinski definition) is 2. The largest absolute Gasteiger partial charge is 0.482 e. The van der Waals surface area contributed by atoms with Crippen molar-refractivity contribution < 1.29 is 18.7 Å². The molecule has 2 fully saturated rings. The molecule has 0 spiro atoms. The first kappa shape index (κ1) is 22.7. The zero-order chi connectivity index (χ0) is 19.2. The summed E-state index contributed by atoms with van der Waals surface area (Å²) in [4.78, 5) is 26.3. The number of nitrogens with one attached hydrogen (secondary N) is 2. The SMILES string of the molecule is Cl.O=C(NCC1CCCN(C(=O)COc2ccc(F)cc2Cl)C1)C1CCCN1. The molecule has 0 aromatic heterocycles. The average molecular weight is 434 g/mol. The van der Waals surface area contributed by atoms with Crippen LogP contribution in [0.1, 0.15) is 25.7 Å². The molecule has 2 aliphatic heterocycles. The van der Waals surface area contributed by atoms with Gasteiger partial charge in [0.1, 0.15) is 11.6 Å². The number of rotatable bonds is 6. The first-order chi connectivity index (χ1) is 13.0. The van der Waals surface area contributed by atoms with Gasteiger partial charge in [0.05, 0.1) is 11.1 Å². The second-order valence-corrected chi connectivity index (χ2v) is 7.51. The van der Waals surface area contributed by atoms with Gasteiger partial charge >= 0.3 is 0 Å². The number of carbonyl (C=O) groups excluding carboxylic acids is 2. The predicted octanol–water partition coefficient (Wildman–Crippen LogP) is 2.39. The zero-order valence-corrected chi connectivity index (χ0v) is 17.2. The van der Waals surface area contributed by atoms with Crippen molar-refractivity contribution in [1.82, 2.24) is 15.5 Å². The monoisotopic (exact) mass is 433 g/mol. The Hall–Kier alpha value is -1.57. The third-order valence-corrected chi connectivity index (χ3v) is 5.35. The summed E-state index contributed by atoms with van der Waals surface area (Å²) in [7, 11) is 0. The Balaban J connectivity index is 0.00000280. The predicted molar refractivity (Wildman–Crippen MR) is 107 cm³/mol. The Morgan fingerprint density at radius 2 is 2.14 bits per heavy atom. The lowest BCUT2D eigenvalue weighted by Crippen LogP contribution is -2.47. The van der Waals surface area contributed by atoms with E-state index in [0.29, 0.717) is 19.6 Å². The third-order valence-electron chi connectivity index (χ3n) is 5.06. The van der Waals surface area contributed by atoms with Crippen molar-refractivity contribution in [1.29, 1.82) is 0 Å². The summed E-state index contributed by atoms with van der Waals surface area (Å²) in [5.74, 6) is -0.0136. The van der Waals surface area contributed by atoms with E-state index in [0.717, 1.165) is 38.3 Å². The van der Waals surface area contributed by atoms with Gasteiger partial charge in [0.2, 0.25) is 5.91 Å². The number of nitrogens with zero attached hydrogens (tertiary/aromatic N) is 1. The van der Waals surface area contributed by atoms with E-state index in [-0.39, 0.29) is 53.6 Å². The fraction of sp³-hybridized carbons (Fsp3) is 0.579. The average Bonchev–Trinajstić information content (AvgIpc) is 3.20. The minimum Gasteiger partial charge on any atom is -0.482 e. The van der Waals surface area contributed by atoms with Crippen molar-refractivity contribution in [3.63, 3.8) is 0 Å². The van der Waals surface area contributed by atoms with Gasteiger partial charge in [-0.25, -0.2) is 4.39 Å². The van der Waals surface area contributed by atoms with Crippen molar-refractivity contribution in [2.24, 2.45) is 5.92 Å². The Morgan fingerprint density at radius 3 is 2.86 bits per heavy atom. The van der Waals surface area contributed by atoms with E-state index in [2.05, 4.69) is 10.6 Å². The van der Waals surface area contributed by atoms with Gasteiger partial charge in [-0.1, -0.05) is 11.6 Å². The molecule has 2 heterocycles. The molecule has 1 aromatic carbocycles. The van der Waals surface area contributed by atoms with Crippen LogP contribution in [0.3, 0.4) is 0 Å². The lowest BCUT2D eigenvalue weighted by Gasteiger charge is -2.33. The molecule has 1 aromatic rings. The fourth-order valence-electron chi connectivity index (χ4n) is 3.56. The van der Waals surface area contributed by atoms with Gasteiger partial charge < -0.3 is 20.3 Å². The zero-order valence-electron chi connectivity index (χ0n) is 15.6. The maximum atomic E-state index is 13.1. The summed E-state index contributed by atoms with van der Waals surface area (Å²) in [5, 5.41) is 6.33. The number of amides is 2. The molecule has 6 nitrogen and oxygen atoms in total. The number of ether oxygens (including phenoxy) is 1. The second-order valence-electron chi connectivity index (χ2n) is 7.11. The van der Waals surface area contributed by atoms with E-state index in [1.807, 2.05) is 0 Å². The highest BCUT2D eigenvalue weighted by Crippen LogP contribution is 2.25. The normalized spacial score (nSPS) is 21.7. The summed E-state index contributed by atoms with van der Waals surface area (Å²) in [5.41, 5.74) is 0. The van der Waals surface area contributed by atoms with Crippen LogP contribution in [0.5, 0.6) is 5.75 Å². The molecule has 2 atom stereocenters. The third kappa shape index (κ3) is 6.22. The number of hydrogen-bond acceptors (Lipinski definition) is 4. The number of halogens is 3. The van der Waals surface area contributed by atoms with Crippen LogP contribution in [-0.4, -0.2) is 55.5 Å². The van der Waals surface area contributed by atoms with Gasteiger partial charge in [0.25, 0.3) is 5.91 Å². The van der Waals surface area contributed by atoms with Crippen molar-refractivity contribution >= 4 is 35.8 Å². The van der Waals surface area contributed by atoms with Gasteiger partial charge in [0, 0.05) is 19.6 Å². The first-order valence-corrected chi connectivity index (χ1v) is 9.77. The highest BCUT2D eigenvalue weighted by Gasteiger charge is 2.26. The number of carbonyl (C=O) groups is 2. The Kier molecular flexibility index (Phi) is 8.79. The summed E-state index contributed by atoms with van der Waals surface area (Å²) in [6, 6.07) is 3.72. The molecule has 0 saturated carbocycles. The number of likely N-dealkylation sites (tertiary alicyclic amines) is 1. The van der Waals surface area contributed by atoms with Gasteiger partial charge in [-0.2, -0.15) is 0 Å². The summed E-state index contributed by atoms with van der Waals surface area (Å²) in [6.07, 6.45) is 3.78. The minimum atomic E-state index is -0.451. The van der Waals surface area contributed by atoms with E-state index >= 15 is 0 Å². The van der Waals surface area contributed by atoms with Crippen molar-refractivity contribution in [2.75, 3.05) is 32.8 Å². The van der Waals surface area contributed by atoms with Crippen molar-refractivity contribution in [2.45, 2.75) is 31.7 Å². The van der Waals surface area contributed by atoms with Crippen LogP contribution in [0.25, 0.3) is 0 Å². The molecule has 28 heavy (non-hydrogen) atoms. The molecular weight excluding hydrogens is 408 g/mol. The minimum absolute atomic E-state index is 0. The quantitative estimate of drug-likeness (QED) is 0.722. The van der Waals surface area contributed by atoms with Crippen LogP contribution in [0.2, 0.25) is 5.02 Å². The molecular formula is C19H26Cl2FN3O3. The van der Waals surface area contributed by atoms with E-state index < -0.39 is 5.82 Å². The highest BCUT2D eigenvalue weighted by molar-refractivity contribution is 6.32. The molecule has 156 valence electrons. The van der Waals surface area contributed by atoms with Crippen LogP contribution in [0.4, 0.5) is 4.39 Å². The lowest BCUT2D eigenvalue weighted by atomic mass is 9.97. The maximum absolute atomic E-state index is 13.1. The van der Waals surface area contributed by atoms with E-state index in [1.165, 1.54) is 12.1 Å². The smallest absolute Gasteiger partial charge is 0.260 e. The topological polar surface area (TPSA) is 70.7 Å². The van der Waals surface area contributed by atoms with Crippen LogP contribution >= 0.6 is 24.0 Å². The molecule has 0 aliphatic carbocycles. The standard InChI is InChI=1S/C19H25ClFN3O3.ClH/c20-15-9-14(21)5-6-17(15)27-12-18(25)24-8-2-3-13(11-24)10-23-19(26)16-4-1-7-22-16;/h5-6,9,13,16,22H,1-4,7-8,10-12H2,(H,23,26);1H. The Bertz CT molecular complexity index is 686.